The smallest absolute Gasteiger partial charge is 0.256 e. The summed E-state index contributed by atoms with van der Waals surface area (Å²) in [5, 5.41) is 5.99. The van der Waals surface area contributed by atoms with Gasteiger partial charge in [-0.05, 0) is 38.5 Å². The van der Waals surface area contributed by atoms with Gasteiger partial charge >= 0.3 is 0 Å². The van der Waals surface area contributed by atoms with Crippen LogP contribution in [0.1, 0.15) is 26.3 Å². The first-order chi connectivity index (χ1) is 9.33. The maximum atomic E-state index is 12.2. The van der Waals surface area contributed by atoms with Crippen LogP contribution in [-0.2, 0) is 10.3 Å². The Hall–Kier alpha value is -2.04. The lowest BCUT2D eigenvalue weighted by molar-refractivity contribution is -0.123. The second-order valence-corrected chi connectivity index (χ2v) is 5.72. The van der Waals surface area contributed by atoms with Gasteiger partial charge in [-0.15, -0.1) is 0 Å². The van der Waals surface area contributed by atoms with Gasteiger partial charge in [-0.3, -0.25) is 15.1 Å². The van der Waals surface area contributed by atoms with Gasteiger partial charge in [0.15, 0.2) is 5.96 Å². The van der Waals surface area contributed by atoms with Crippen LogP contribution in [0.15, 0.2) is 29.3 Å². The van der Waals surface area contributed by atoms with E-state index in [-0.39, 0.29) is 11.9 Å². The largest absolute Gasteiger partial charge is 0.378 e. The summed E-state index contributed by atoms with van der Waals surface area (Å²) >= 11 is 0. The van der Waals surface area contributed by atoms with Crippen LogP contribution in [0, 0.1) is 0 Å². The Kier molecular flexibility index (Phi) is 3.70. The summed E-state index contributed by atoms with van der Waals surface area (Å²) in [6.07, 6.45) is 0. The number of carbonyl (C=O) groups is 1. The number of aliphatic imine (C=N–C) groups is 1. The highest BCUT2D eigenvalue weighted by atomic mass is 16.2. The Morgan fingerprint density at radius 1 is 1.20 bits per heavy atom. The third-order valence-electron chi connectivity index (χ3n) is 3.40. The van der Waals surface area contributed by atoms with Gasteiger partial charge in [0, 0.05) is 25.8 Å². The van der Waals surface area contributed by atoms with Crippen LogP contribution in [0.25, 0.3) is 0 Å². The van der Waals surface area contributed by atoms with Crippen LogP contribution in [0.4, 0.5) is 5.69 Å². The van der Waals surface area contributed by atoms with E-state index in [9.17, 15) is 4.79 Å². The first kappa shape index (κ1) is 14.4. The summed E-state index contributed by atoms with van der Waals surface area (Å²) in [5.74, 6) is 0.471. The van der Waals surface area contributed by atoms with Crippen molar-refractivity contribution >= 4 is 17.6 Å². The SMILES string of the molecule is CC(C)N=C1NC(=O)C(C)(c2ccc(N(C)C)cc2)N1. The number of anilines is 1. The Morgan fingerprint density at radius 2 is 1.80 bits per heavy atom. The van der Waals surface area contributed by atoms with Crippen LogP contribution >= 0.6 is 0 Å². The van der Waals surface area contributed by atoms with Gasteiger partial charge < -0.3 is 10.2 Å². The first-order valence-corrected chi connectivity index (χ1v) is 6.78. The predicted molar refractivity (Wildman–Crippen MR) is 82.0 cm³/mol. The second-order valence-electron chi connectivity index (χ2n) is 5.72. The minimum absolute atomic E-state index is 0.0745. The molecule has 0 radical (unpaired) electrons. The Labute approximate surface area is 120 Å². The number of nitrogens with one attached hydrogen (secondary N) is 2. The highest BCUT2D eigenvalue weighted by Gasteiger charge is 2.42. The van der Waals surface area contributed by atoms with Gasteiger partial charge in [0.2, 0.25) is 0 Å². The minimum atomic E-state index is -0.765. The topological polar surface area (TPSA) is 56.7 Å². The number of hydrogen-bond acceptors (Lipinski definition) is 3. The van der Waals surface area contributed by atoms with E-state index in [1.165, 1.54) is 0 Å². The Balaban J connectivity index is 2.29. The molecule has 0 bridgehead atoms. The van der Waals surface area contributed by atoms with Gasteiger partial charge in [-0.25, -0.2) is 0 Å². The number of hydrogen-bond donors (Lipinski definition) is 2. The molecule has 0 spiro atoms. The normalized spacial score (nSPS) is 23.9. The van der Waals surface area contributed by atoms with E-state index in [0.29, 0.717) is 5.96 Å². The molecule has 2 N–H and O–H groups in total. The van der Waals surface area contributed by atoms with Gasteiger partial charge in [-0.2, -0.15) is 0 Å². The van der Waals surface area contributed by atoms with Crippen molar-refractivity contribution in [2.75, 3.05) is 19.0 Å². The average molecular weight is 274 g/mol. The standard InChI is InChI=1S/C15H22N4O/c1-10(2)16-14-17-13(20)15(3,18-14)11-6-8-12(9-7-11)19(4)5/h6-10H,1-5H3,(H2,16,17,18,20). The lowest BCUT2D eigenvalue weighted by Gasteiger charge is -2.23. The summed E-state index contributed by atoms with van der Waals surface area (Å²) in [5.41, 5.74) is 1.26. The molecule has 1 aliphatic heterocycles. The van der Waals surface area contributed by atoms with Crippen molar-refractivity contribution < 1.29 is 4.79 Å². The molecule has 0 aromatic heterocycles. The zero-order valence-electron chi connectivity index (χ0n) is 12.7. The van der Waals surface area contributed by atoms with Gasteiger partial charge in [-0.1, -0.05) is 12.1 Å². The van der Waals surface area contributed by atoms with Crippen molar-refractivity contribution in [3.63, 3.8) is 0 Å². The van der Waals surface area contributed by atoms with Gasteiger partial charge in [0.25, 0.3) is 5.91 Å². The molecule has 1 unspecified atom stereocenters. The molecule has 0 aliphatic carbocycles. The van der Waals surface area contributed by atoms with Crippen LogP contribution in [0.3, 0.4) is 0 Å². The van der Waals surface area contributed by atoms with Crippen LogP contribution < -0.4 is 15.5 Å². The van der Waals surface area contributed by atoms with E-state index in [1.54, 1.807) is 0 Å². The Morgan fingerprint density at radius 3 is 2.30 bits per heavy atom. The maximum Gasteiger partial charge on any atom is 0.256 e. The molecule has 1 fully saturated rings. The first-order valence-electron chi connectivity index (χ1n) is 6.78. The number of rotatable bonds is 3. The average Bonchev–Trinajstić information content (AvgIpc) is 2.65. The molecule has 5 heteroatoms. The molecule has 0 saturated carbocycles. The predicted octanol–water partition coefficient (Wildman–Crippen LogP) is 1.45. The fourth-order valence-corrected chi connectivity index (χ4v) is 2.18. The fraction of sp³-hybridized carbons (Fsp3) is 0.467. The molecular formula is C15H22N4O. The highest BCUT2D eigenvalue weighted by Crippen LogP contribution is 2.26. The third-order valence-corrected chi connectivity index (χ3v) is 3.40. The molecule has 1 saturated heterocycles. The van der Waals surface area contributed by atoms with Crippen molar-refractivity contribution in [2.45, 2.75) is 32.4 Å². The summed E-state index contributed by atoms with van der Waals surface area (Å²) in [6.45, 7) is 5.82. The molecule has 1 aromatic carbocycles. The number of benzene rings is 1. The quantitative estimate of drug-likeness (QED) is 0.877. The molecule has 108 valence electrons. The monoisotopic (exact) mass is 274 g/mol. The number of amides is 1. The second kappa shape index (κ2) is 5.15. The van der Waals surface area contributed by atoms with Gasteiger partial charge in [0.1, 0.15) is 5.54 Å². The van der Waals surface area contributed by atoms with Crippen LogP contribution in [0.2, 0.25) is 0 Å². The lowest BCUT2D eigenvalue weighted by Crippen LogP contribution is -2.40. The minimum Gasteiger partial charge on any atom is -0.378 e. The molecule has 1 aliphatic rings. The summed E-state index contributed by atoms with van der Waals surface area (Å²) in [7, 11) is 3.98. The summed E-state index contributed by atoms with van der Waals surface area (Å²) < 4.78 is 0. The molecule has 1 atom stereocenters. The van der Waals surface area contributed by atoms with E-state index >= 15 is 0 Å². The lowest BCUT2D eigenvalue weighted by atomic mass is 9.92. The van der Waals surface area contributed by atoms with E-state index in [4.69, 9.17) is 0 Å². The van der Waals surface area contributed by atoms with Crippen molar-refractivity contribution in [1.29, 1.82) is 0 Å². The van der Waals surface area contributed by atoms with Gasteiger partial charge in [0.05, 0.1) is 0 Å². The molecule has 1 amide bonds. The maximum absolute atomic E-state index is 12.2. The van der Waals surface area contributed by atoms with E-state index in [0.717, 1.165) is 11.3 Å². The highest BCUT2D eigenvalue weighted by molar-refractivity contribution is 6.09. The molecular weight excluding hydrogens is 252 g/mol. The van der Waals surface area contributed by atoms with Crippen molar-refractivity contribution in [2.24, 2.45) is 4.99 Å². The van der Waals surface area contributed by atoms with Crippen LogP contribution in [0.5, 0.6) is 0 Å². The molecule has 20 heavy (non-hydrogen) atoms. The number of carbonyl (C=O) groups excluding carboxylic acids is 1. The van der Waals surface area contributed by atoms with E-state index < -0.39 is 5.54 Å². The number of guanidine groups is 1. The van der Waals surface area contributed by atoms with Crippen molar-refractivity contribution in [1.82, 2.24) is 10.6 Å². The van der Waals surface area contributed by atoms with Crippen molar-refractivity contribution in [3.8, 4) is 0 Å². The number of nitrogens with zero attached hydrogens (tertiary/aromatic N) is 2. The third kappa shape index (κ3) is 2.61. The summed E-state index contributed by atoms with van der Waals surface area (Å²) in [6, 6.07) is 8.09. The Bertz CT molecular complexity index is 533. The fourth-order valence-electron chi connectivity index (χ4n) is 2.18. The molecule has 5 nitrogen and oxygen atoms in total. The van der Waals surface area contributed by atoms with Crippen LogP contribution in [-0.4, -0.2) is 32.0 Å². The zero-order valence-corrected chi connectivity index (χ0v) is 12.7. The summed E-state index contributed by atoms with van der Waals surface area (Å²) in [4.78, 5) is 18.6. The van der Waals surface area contributed by atoms with E-state index in [1.807, 2.05) is 64.0 Å². The van der Waals surface area contributed by atoms with E-state index in [2.05, 4.69) is 15.6 Å². The zero-order chi connectivity index (χ0) is 14.9. The molecule has 1 heterocycles. The van der Waals surface area contributed by atoms with Crippen molar-refractivity contribution in [3.05, 3.63) is 29.8 Å². The molecule has 2 rings (SSSR count). The molecule has 1 aromatic rings.